The Kier molecular flexibility index (Phi) is 1.28. The van der Waals surface area contributed by atoms with Crippen LogP contribution in [0.2, 0.25) is 0 Å². The van der Waals surface area contributed by atoms with Gasteiger partial charge in [-0.1, -0.05) is 0 Å². The van der Waals surface area contributed by atoms with Crippen molar-refractivity contribution in [3.8, 4) is 0 Å². The van der Waals surface area contributed by atoms with E-state index in [4.69, 9.17) is 5.31 Å². The van der Waals surface area contributed by atoms with E-state index in [0.717, 1.165) is 7.07 Å². The van der Waals surface area contributed by atoms with Gasteiger partial charge in [0.25, 0.3) is 0 Å². The molecule has 0 aliphatic carbocycles. The molecule has 4 nitrogen and oxygen atoms in total. The summed E-state index contributed by atoms with van der Waals surface area (Å²) in [5.74, 6) is -0.206. The summed E-state index contributed by atoms with van der Waals surface area (Å²) in [5.41, 5.74) is 0. The molecule has 1 aliphatic rings. The first-order valence-electron chi connectivity index (χ1n) is 2.27. The molecule has 0 radical (unpaired) electrons. The van der Waals surface area contributed by atoms with Crippen molar-refractivity contribution in [2.45, 2.75) is 5.94 Å². The van der Waals surface area contributed by atoms with Gasteiger partial charge in [-0.25, -0.2) is 0 Å². The van der Waals surface area contributed by atoms with Crippen LogP contribution in [0.3, 0.4) is 0 Å². The summed E-state index contributed by atoms with van der Waals surface area (Å²) in [6, 6.07) is 0. The van der Waals surface area contributed by atoms with Crippen LogP contribution in [0.5, 0.6) is 0 Å². The number of cyclic esters (lactones) is 1. The predicted molar refractivity (Wildman–Crippen MR) is 26.7 cm³/mol. The number of hydrogen-bond acceptors (Lipinski definition) is 3. The molecule has 5 heteroatoms. The van der Waals surface area contributed by atoms with Crippen molar-refractivity contribution >= 4 is 13.2 Å². The van der Waals surface area contributed by atoms with Gasteiger partial charge in [-0.3, -0.25) is 0 Å². The van der Waals surface area contributed by atoms with Gasteiger partial charge in [0.05, 0.1) is 0 Å². The average molecular weight is 112 g/mol. The number of nitrogens with one attached hydrogen (secondary N) is 2. The van der Waals surface area contributed by atoms with Crippen molar-refractivity contribution in [2.75, 3.05) is 6.61 Å². The van der Waals surface area contributed by atoms with Crippen molar-refractivity contribution < 1.29 is 9.53 Å². The third-order valence-corrected chi connectivity index (χ3v) is 0.898. The summed E-state index contributed by atoms with van der Waals surface area (Å²) in [6.07, 6.45) is -0.432. The van der Waals surface area contributed by atoms with Crippen LogP contribution in [0.25, 0.3) is 0 Å². The van der Waals surface area contributed by atoms with Gasteiger partial charge < -0.3 is 0 Å². The zero-order chi connectivity index (χ0) is 5.98. The molecule has 1 saturated heterocycles. The fourth-order valence-electron chi connectivity index (χ4n) is 0.490. The van der Waals surface area contributed by atoms with Gasteiger partial charge in [0.15, 0.2) is 0 Å². The molecule has 42 valence electrons. The van der Waals surface area contributed by atoms with Crippen LogP contribution in [0, 0.1) is 5.31 Å². The monoisotopic (exact) mass is 112 g/mol. The van der Waals surface area contributed by atoms with Crippen molar-refractivity contribution in [3.63, 3.8) is 0 Å². The number of ether oxygens (including phenoxy) is 1. The van der Waals surface area contributed by atoms with E-state index >= 15 is 0 Å². The van der Waals surface area contributed by atoms with E-state index in [9.17, 15) is 4.79 Å². The normalized spacial score (nSPS) is 26.0. The van der Waals surface area contributed by atoms with Gasteiger partial charge in [-0.05, 0) is 0 Å². The van der Waals surface area contributed by atoms with Crippen molar-refractivity contribution in [1.29, 1.82) is 5.31 Å². The third-order valence-electron chi connectivity index (χ3n) is 0.898. The van der Waals surface area contributed by atoms with Crippen LogP contribution in [-0.2, 0) is 4.74 Å². The zero-order valence-electron chi connectivity index (χ0n) is 4.18. The molecule has 0 spiro atoms. The molecular weight excluding hydrogens is 107 g/mol. The molecule has 0 aromatic rings. The molecule has 0 unspecified atom stereocenters. The minimum atomic E-state index is -0.432. The molecule has 1 aliphatic heterocycles. The fraction of sp³-hybridized carbons (Fsp3) is 0.667. The molecule has 0 bridgehead atoms. The first-order valence-corrected chi connectivity index (χ1v) is 2.27. The van der Waals surface area contributed by atoms with Crippen LogP contribution in [0.15, 0.2) is 0 Å². The van der Waals surface area contributed by atoms with Gasteiger partial charge in [-0.2, -0.15) is 0 Å². The second-order valence-electron chi connectivity index (χ2n) is 1.52. The van der Waals surface area contributed by atoms with Gasteiger partial charge in [0, 0.05) is 0 Å². The Morgan fingerprint density at radius 2 is 2.75 bits per heavy atom. The average Bonchev–Trinajstić information content (AvgIpc) is 2.14. The fourth-order valence-corrected chi connectivity index (χ4v) is 0.490. The Morgan fingerprint density at radius 3 is 3.00 bits per heavy atom. The van der Waals surface area contributed by atoms with E-state index in [1.807, 2.05) is 0 Å². The van der Waals surface area contributed by atoms with Crippen LogP contribution in [0.4, 0.5) is 4.79 Å². The third kappa shape index (κ3) is 0.855. The van der Waals surface area contributed by atoms with Crippen molar-refractivity contribution in [3.05, 3.63) is 0 Å². The number of carbonyl (C=O) groups excluding carboxylic acids is 1. The van der Waals surface area contributed by atoms with Crippen LogP contribution in [0.1, 0.15) is 0 Å². The van der Waals surface area contributed by atoms with E-state index in [1.165, 1.54) is 0 Å². The first kappa shape index (κ1) is 5.28. The van der Waals surface area contributed by atoms with E-state index in [0.29, 0.717) is 6.61 Å². The quantitative estimate of drug-likeness (QED) is 0.450. The zero-order valence-corrected chi connectivity index (χ0v) is 4.18. The molecule has 0 aromatic heterocycles. The van der Waals surface area contributed by atoms with Crippen LogP contribution >= 0.6 is 0 Å². The predicted octanol–water partition coefficient (Wildman–Crippen LogP) is -0.481. The van der Waals surface area contributed by atoms with Gasteiger partial charge in [0.2, 0.25) is 0 Å². The summed E-state index contributed by atoms with van der Waals surface area (Å²) < 4.78 is 4.46. The van der Waals surface area contributed by atoms with Crippen molar-refractivity contribution in [1.82, 2.24) is 5.32 Å². The van der Waals surface area contributed by atoms with E-state index in [1.54, 1.807) is 0 Å². The maximum atomic E-state index is 10.2. The van der Waals surface area contributed by atoms with E-state index in [-0.39, 0.29) is 5.94 Å². The number of amides is 1. The summed E-state index contributed by atoms with van der Waals surface area (Å²) in [6.45, 7) is 0.294. The van der Waals surface area contributed by atoms with Crippen molar-refractivity contribution in [2.24, 2.45) is 0 Å². The van der Waals surface area contributed by atoms with Gasteiger partial charge >= 0.3 is 45.9 Å². The summed E-state index contributed by atoms with van der Waals surface area (Å²) >= 11 is 0. The van der Waals surface area contributed by atoms with Gasteiger partial charge in [-0.15, -0.1) is 0 Å². The summed E-state index contributed by atoms with van der Waals surface area (Å²) in [7, 11) is 1.14. The number of hydrogen-bond donors (Lipinski definition) is 2. The molecule has 0 aromatic carbocycles. The molecule has 1 fully saturated rings. The SMILES string of the molecule is N=B[C@H]1COC(=O)N1. The second kappa shape index (κ2) is 1.94. The summed E-state index contributed by atoms with van der Waals surface area (Å²) in [4.78, 5) is 10.2. The molecule has 2 N–H and O–H groups in total. The molecule has 1 amide bonds. The number of rotatable bonds is 1. The second-order valence-corrected chi connectivity index (χ2v) is 1.52. The standard InChI is InChI=1S/C3H5BN2O2/c5-4-2-1-8-3(7)6-2/h2,5H,1H2,(H,6,7)/t2-/m1/s1. The first-order chi connectivity index (χ1) is 3.83. The van der Waals surface area contributed by atoms with E-state index in [2.05, 4.69) is 10.1 Å². The van der Waals surface area contributed by atoms with Crippen LogP contribution < -0.4 is 5.32 Å². The van der Waals surface area contributed by atoms with Gasteiger partial charge in [0.1, 0.15) is 0 Å². The molecule has 1 rings (SSSR count). The van der Waals surface area contributed by atoms with E-state index < -0.39 is 6.09 Å². The minimum absolute atomic E-state index is 0.206. The molecule has 8 heavy (non-hydrogen) atoms. The Hall–Kier alpha value is -0.865. The Morgan fingerprint density at radius 1 is 2.00 bits per heavy atom. The molecule has 1 heterocycles. The Bertz CT molecular complexity index is 126. The molecule has 1 atom stereocenters. The Labute approximate surface area is 47.0 Å². The number of alkyl carbamates (subject to hydrolysis) is 1. The molecular formula is C3H5BN2O2. The number of carbonyl (C=O) groups is 1. The molecule has 0 saturated carbocycles. The summed E-state index contributed by atoms with van der Waals surface area (Å²) in [5, 5.41) is 9.07. The maximum absolute atomic E-state index is 10.2. The van der Waals surface area contributed by atoms with Crippen LogP contribution in [-0.4, -0.2) is 25.7 Å². The Balaban J connectivity index is 2.43. The topological polar surface area (TPSA) is 62.2 Å².